The van der Waals surface area contributed by atoms with Crippen LogP contribution in [0, 0.1) is 0 Å². The number of carbonyl (C=O) groups excluding carboxylic acids is 1. The van der Waals surface area contributed by atoms with E-state index in [4.69, 9.17) is 9.47 Å². The minimum absolute atomic E-state index is 0.0977. The van der Waals surface area contributed by atoms with E-state index in [1.165, 1.54) is 0 Å². The van der Waals surface area contributed by atoms with E-state index in [0.717, 1.165) is 22.8 Å². The zero-order valence-corrected chi connectivity index (χ0v) is 13.9. The first-order chi connectivity index (χ1) is 10.1. The second-order valence-electron chi connectivity index (χ2n) is 4.90. The molecule has 0 aliphatic carbocycles. The van der Waals surface area contributed by atoms with Crippen LogP contribution < -0.4 is 10.1 Å². The van der Waals surface area contributed by atoms with Crippen LogP contribution in [0.4, 0.5) is 0 Å². The molecule has 0 aliphatic heterocycles. The SMILES string of the molecule is COc1ccc(SCCC(=O)NCCCOC(C)C)cc1. The van der Waals surface area contributed by atoms with Crippen LogP contribution >= 0.6 is 11.8 Å². The summed E-state index contributed by atoms with van der Waals surface area (Å²) in [6.45, 7) is 5.39. The van der Waals surface area contributed by atoms with E-state index < -0.39 is 0 Å². The Bertz CT molecular complexity index is 406. The highest BCUT2D eigenvalue weighted by molar-refractivity contribution is 7.99. The third kappa shape index (κ3) is 8.63. The highest BCUT2D eigenvalue weighted by atomic mass is 32.2. The van der Waals surface area contributed by atoms with Gasteiger partial charge in [-0.1, -0.05) is 0 Å². The molecule has 5 heteroatoms. The molecule has 0 aliphatic rings. The van der Waals surface area contributed by atoms with Crippen molar-refractivity contribution in [3.63, 3.8) is 0 Å². The number of amides is 1. The molecule has 0 fully saturated rings. The number of hydrogen-bond donors (Lipinski definition) is 1. The second-order valence-corrected chi connectivity index (χ2v) is 6.07. The lowest BCUT2D eigenvalue weighted by Gasteiger charge is -2.08. The average Bonchev–Trinajstić information content (AvgIpc) is 2.47. The van der Waals surface area contributed by atoms with Gasteiger partial charge in [-0.05, 0) is 44.5 Å². The zero-order valence-electron chi connectivity index (χ0n) is 13.1. The standard InChI is InChI=1S/C16H25NO3S/c1-13(2)20-11-4-10-17-16(18)9-12-21-15-7-5-14(19-3)6-8-15/h5-8,13H,4,9-12H2,1-3H3,(H,17,18). The van der Waals surface area contributed by atoms with E-state index >= 15 is 0 Å². The van der Waals surface area contributed by atoms with Crippen molar-refractivity contribution in [1.82, 2.24) is 5.32 Å². The largest absolute Gasteiger partial charge is 0.497 e. The van der Waals surface area contributed by atoms with Crippen molar-refractivity contribution in [2.24, 2.45) is 0 Å². The number of hydrogen-bond acceptors (Lipinski definition) is 4. The highest BCUT2D eigenvalue weighted by Gasteiger charge is 2.02. The van der Waals surface area contributed by atoms with E-state index in [0.29, 0.717) is 19.6 Å². The minimum Gasteiger partial charge on any atom is -0.497 e. The van der Waals surface area contributed by atoms with Crippen molar-refractivity contribution in [1.29, 1.82) is 0 Å². The van der Waals surface area contributed by atoms with Crippen molar-refractivity contribution in [3.05, 3.63) is 24.3 Å². The number of benzene rings is 1. The van der Waals surface area contributed by atoms with Crippen LogP contribution in [0.2, 0.25) is 0 Å². The molecule has 0 heterocycles. The van der Waals surface area contributed by atoms with E-state index in [1.54, 1.807) is 18.9 Å². The molecular weight excluding hydrogens is 286 g/mol. The Morgan fingerprint density at radius 1 is 1.29 bits per heavy atom. The van der Waals surface area contributed by atoms with Crippen molar-refractivity contribution in [3.8, 4) is 5.75 Å². The molecule has 1 rings (SSSR count). The van der Waals surface area contributed by atoms with Crippen LogP contribution in [-0.2, 0) is 9.53 Å². The molecule has 0 radical (unpaired) electrons. The van der Waals surface area contributed by atoms with Gasteiger partial charge in [-0.25, -0.2) is 0 Å². The van der Waals surface area contributed by atoms with Crippen LogP contribution in [-0.4, -0.2) is 38.0 Å². The van der Waals surface area contributed by atoms with Gasteiger partial charge in [0.2, 0.25) is 5.91 Å². The molecule has 1 aromatic rings. The highest BCUT2D eigenvalue weighted by Crippen LogP contribution is 2.21. The van der Waals surface area contributed by atoms with Gasteiger partial charge in [-0.15, -0.1) is 11.8 Å². The van der Waals surface area contributed by atoms with Crippen LogP contribution in [0.3, 0.4) is 0 Å². The fraction of sp³-hybridized carbons (Fsp3) is 0.562. The Balaban J connectivity index is 2.07. The fourth-order valence-electron chi connectivity index (χ4n) is 1.64. The van der Waals surface area contributed by atoms with Gasteiger partial charge in [0.05, 0.1) is 13.2 Å². The molecule has 1 aromatic carbocycles. The molecule has 1 amide bonds. The number of rotatable bonds is 10. The molecule has 21 heavy (non-hydrogen) atoms. The predicted octanol–water partition coefficient (Wildman–Crippen LogP) is 3.11. The molecular formula is C16H25NO3S. The average molecular weight is 311 g/mol. The molecule has 0 bridgehead atoms. The quantitative estimate of drug-likeness (QED) is 0.533. The Morgan fingerprint density at radius 3 is 2.62 bits per heavy atom. The maximum atomic E-state index is 11.6. The monoisotopic (exact) mass is 311 g/mol. The van der Waals surface area contributed by atoms with Gasteiger partial charge in [0.15, 0.2) is 0 Å². The lowest BCUT2D eigenvalue weighted by molar-refractivity contribution is -0.120. The first-order valence-corrected chi connectivity index (χ1v) is 8.25. The lowest BCUT2D eigenvalue weighted by atomic mass is 10.3. The second kappa shape index (κ2) is 10.5. The molecule has 4 nitrogen and oxygen atoms in total. The molecule has 1 N–H and O–H groups in total. The Hall–Kier alpha value is -1.20. The number of ether oxygens (including phenoxy) is 2. The summed E-state index contributed by atoms with van der Waals surface area (Å²) >= 11 is 1.67. The van der Waals surface area contributed by atoms with Gasteiger partial charge in [0, 0.05) is 30.2 Å². The Morgan fingerprint density at radius 2 is 2.00 bits per heavy atom. The topological polar surface area (TPSA) is 47.6 Å². The summed E-state index contributed by atoms with van der Waals surface area (Å²) in [7, 11) is 1.65. The van der Waals surface area contributed by atoms with Crippen LogP contribution in [0.5, 0.6) is 5.75 Å². The Kier molecular flexibility index (Phi) is 8.94. The van der Waals surface area contributed by atoms with Gasteiger partial charge in [0.25, 0.3) is 0 Å². The summed E-state index contributed by atoms with van der Waals surface area (Å²) in [5.74, 6) is 1.72. The molecule has 0 unspecified atom stereocenters. The third-order valence-electron chi connectivity index (χ3n) is 2.75. The van der Waals surface area contributed by atoms with E-state index in [2.05, 4.69) is 5.32 Å². The zero-order chi connectivity index (χ0) is 15.5. The van der Waals surface area contributed by atoms with Crippen molar-refractivity contribution < 1.29 is 14.3 Å². The maximum Gasteiger partial charge on any atom is 0.220 e. The van der Waals surface area contributed by atoms with E-state index in [9.17, 15) is 4.79 Å². The van der Waals surface area contributed by atoms with Crippen molar-refractivity contribution in [2.75, 3.05) is 26.0 Å². The summed E-state index contributed by atoms with van der Waals surface area (Å²) in [5.41, 5.74) is 0. The molecule has 0 spiro atoms. The summed E-state index contributed by atoms with van der Waals surface area (Å²) in [6.07, 6.45) is 1.64. The van der Waals surface area contributed by atoms with E-state index in [1.807, 2.05) is 38.1 Å². The van der Waals surface area contributed by atoms with Gasteiger partial charge in [-0.3, -0.25) is 4.79 Å². The van der Waals surface area contributed by atoms with Crippen molar-refractivity contribution >= 4 is 17.7 Å². The van der Waals surface area contributed by atoms with Crippen molar-refractivity contribution in [2.45, 2.75) is 37.7 Å². The van der Waals surface area contributed by atoms with E-state index in [-0.39, 0.29) is 12.0 Å². The first-order valence-electron chi connectivity index (χ1n) is 7.27. The predicted molar refractivity (Wildman–Crippen MR) is 87.0 cm³/mol. The van der Waals surface area contributed by atoms with Gasteiger partial charge >= 0.3 is 0 Å². The fourth-order valence-corrected chi connectivity index (χ4v) is 2.49. The van der Waals surface area contributed by atoms with Crippen LogP contribution in [0.25, 0.3) is 0 Å². The van der Waals surface area contributed by atoms with Gasteiger partial charge in [0.1, 0.15) is 5.75 Å². The van der Waals surface area contributed by atoms with Gasteiger partial charge < -0.3 is 14.8 Å². The number of nitrogens with one attached hydrogen (secondary N) is 1. The van der Waals surface area contributed by atoms with Gasteiger partial charge in [-0.2, -0.15) is 0 Å². The lowest BCUT2D eigenvalue weighted by Crippen LogP contribution is -2.25. The minimum atomic E-state index is 0.0977. The number of thioether (sulfide) groups is 1. The molecule has 0 aromatic heterocycles. The Labute approximate surface area is 131 Å². The summed E-state index contributed by atoms with van der Waals surface area (Å²) in [4.78, 5) is 12.8. The number of carbonyl (C=O) groups is 1. The number of methoxy groups -OCH3 is 1. The molecule has 118 valence electrons. The smallest absolute Gasteiger partial charge is 0.220 e. The van der Waals surface area contributed by atoms with Crippen LogP contribution in [0.1, 0.15) is 26.7 Å². The first kappa shape index (κ1) is 17.9. The molecule has 0 saturated heterocycles. The third-order valence-corrected chi connectivity index (χ3v) is 3.77. The maximum absolute atomic E-state index is 11.6. The molecule has 0 saturated carbocycles. The molecule has 0 atom stereocenters. The normalized spacial score (nSPS) is 10.7. The summed E-state index contributed by atoms with van der Waals surface area (Å²) < 4.78 is 10.5. The van der Waals surface area contributed by atoms with Crippen LogP contribution in [0.15, 0.2) is 29.2 Å². The summed E-state index contributed by atoms with van der Waals surface area (Å²) in [5, 5.41) is 2.91. The summed E-state index contributed by atoms with van der Waals surface area (Å²) in [6, 6.07) is 7.86.